The molecule has 0 saturated carbocycles. The predicted octanol–water partition coefficient (Wildman–Crippen LogP) is 4.60. The van der Waals surface area contributed by atoms with E-state index in [9.17, 15) is 13.6 Å². The second-order valence-corrected chi connectivity index (χ2v) is 6.59. The number of ether oxygens (including phenoxy) is 2. The fraction of sp³-hybridized carbons (Fsp3) is 0.316. The zero-order valence-corrected chi connectivity index (χ0v) is 15.9. The van der Waals surface area contributed by atoms with Crippen LogP contribution in [0.25, 0.3) is 0 Å². The van der Waals surface area contributed by atoms with Crippen molar-refractivity contribution in [3.05, 3.63) is 53.1 Å². The normalized spacial score (nSPS) is 10.7. The lowest BCUT2D eigenvalue weighted by atomic mass is 10.1. The van der Waals surface area contributed by atoms with Crippen LogP contribution in [0.3, 0.4) is 0 Å². The summed E-state index contributed by atoms with van der Waals surface area (Å²) in [5, 5.41) is 0. The summed E-state index contributed by atoms with van der Waals surface area (Å²) in [7, 11) is 3.08. The molecule has 0 heterocycles. The molecule has 0 aliphatic rings. The van der Waals surface area contributed by atoms with E-state index < -0.39 is 6.61 Å². The van der Waals surface area contributed by atoms with Gasteiger partial charge >= 0.3 is 6.61 Å². The number of rotatable bonds is 7. The van der Waals surface area contributed by atoms with Gasteiger partial charge in [-0.2, -0.15) is 8.78 Å². The molecule has 0 spiro atoms. The molecular weight excluding hydrogens is 360 g/mol. The van der Waals surface area contributed by atoms with E-state index in [-0.39, 0.29) is 17.4 Å². The molecule has 0 unspecified atom stereocenters. The van der Waals surface area contributed by atoms with Gasteiger partial charge in [0.2, 0.25) is 0 Å². The molecule has 0 bridgehead atoms. The monoisotopic (exact) mass is 381 g/mol. The van der Waals surface area contributed by atoms with Crippen molar-refractivity contribution in [1.82, 2.24) is 4.90 Å². The van der Waals surface area contributed by atoms with Crippen LogP contribution >= 0.6 is 11.8 Å². The van der Waals surface area contributed by atoms with Gasteiger partial charge in [0.1, 0.15) is 0 Å². The summed E-state index contributed by atoms with van der Waals surface area (Å²) in [6, 6.07) is 10.4. The molecule has 2 aromatic rings. The molecule has 2 aromatic carbocycles. The summed E-state index contributed by atoms with van der Waals surface area (Å²) in [6.45, 7) is -0.719. The van der Waals surface area contributed by atoms with E-state index in [2.05, 4.69) is 4.74 Å². The van der Waals surface area contributed by atoms with Gasteiger partial charge in [0, 0.05) is 24.1 Å². The van der Waals surface area contributed by atoms with Crippen molar-refractivity contribution in [1.29, 1.82) is 0 Å². The van der Waals surface area contributed by atoms with Gasteiger partial charge in [-0.1, -0.05) is 12.1 Å². The van der Waals surface area contributed by atoms with Crippen LogP contribution in [0.2, 0.25) is 0 Å². The number of thioether (sulfide) groups is 1. The summed E-state index contributed by atoms with van der Waals surface area (Å²) >= 11 is 1.57. The number of benzene rings is 2. The van der Waals surface area contributed by atoms with Crippen LogP contribution in [-0.2, 0) is 6.54 Å². The van der Waals surface area contributed by atoms with Crippen molar-refractivity contribution in [3.63, 3.8) is 0 Å². The summed E-state index contributed by atoms with van der Waals surface area (Å²) in [4.78, 5) is 15.4. The Morgan fingerprint density at radius 3 is 2.54 bits per heavy atom. The number of carbonyl (C=O) groups excluding carboxylic acids is 1. The summed E-state index contributed by atoms with van der Waals surface area (Å²) < 4.78 is 34.3. The minimum Gasteiger partial charge on any atom is -0.493 e. The van der Waals surface area contributed by atoms with Gasteiger partial charge < -0.3 is 14.4 Å². The molecule has 1 amide bonds. The largest absolute Gasteiger partial charge is 0.493 e. The summed E-state index contributed by atoms with van der Waals surface area (Å²) in [5.41, 5.74) is 2.29. The number of methoxy groups -OCH3 is 1. The zero-order valence-electron chi connectivity index (χ0n) is 15.1. The quantitative estimate of drug-likeness (QED) is 0.657. The minimum absolute atomic E-state index is 0.0382. The predicted molar refractivity (Wildman–Crippen MR) is 98.4 cm³/mol. The number of carbonyl (C=O) groups is 1. The Kier molecular flexibility index (Phi) is 6.85. The second kappa shape index (κ2) is 8.89. The first kappa shape index (κ1) is 20.0. The van der Waals surface area contributed by atoms with Crippen LogP contribution in [0, 0.1) is 6.92 Å². The molecule has 0 aromatic heterocycles. The van der Waals surface area contributed by atoms with Crippen molar-refractivity contribution in [2.24, 2.45) is 0 Å². The molecule has 4 nitrogen and oxygen atoms in total. The lowest BCUT2D eigenvalue weighted by molar-refractivity contribution is -0.0512. The Hall–Kier alpha value is -2.28. The van der Waals surface area contributed by atoms with E-state index in [0.717, 1.165) is 16.0 Å². The van der Waals surface area contributed by atoms with Crippen LogP contribution in [0.5, 0.6) is 11.5 Å². The van der Waals surface area contributed by atoms with E-state index in [4.69, 9.17) is 4.74 Å². The second-order valence-electron chi connectivity index (χ2n) is 5.71. The fourth-order valence-corrected chi connectivity index (χ4v) is 2.95. The molecule has 0 saturated heterocycles. The molecular formula is C19H21F2NO3S. The summed E-state index contributed by atoms with van der Waals surface area (Å²) in [6.07, 6.45) is 1.96. The van der Waals surface area contributed by atoms with Crippen LogP contribution in [0.15, 0.2) is 41.3 Å². The molecule has 0 fully saturated rings. The Morgan fingerprint density at radius 2 is 1.92 bits per heavy atom. The molecule has 0 atom stereocenters. The Bertz CT molecular complexity index is 783. The molecule has 0 aliphatic carbocycles. The highest BCUT2D eigenvalue weighted by molar-refractivity contribution is 7.98. The number of aryl methyl sites for hydroxylation is 1. The van der Waals surface area contributed by atoms with Crippen LogP contribution in [0.4, 0.5) is 8.78 Å². The van der Waals surface area contributed by atoms with Gasteiger partial charge in [0.05, 0.1) is 7.11 Å². The van der Waals surface area contributed by atoms with E-state index in [1.165, 1.54) is 13.2 Å². The van der Waals surface area contributed by atoms with Crippen molar-refractivity contribution < 1.29 is 23.0 Å². The lowest BCUT2D eigenvalue weighted by Crippen LogP contribution is -2.27. The third kappa shape index (κ3) is 4.88. The van der Waals surface area contributed by atoms with Crippen LogP contribution in [-0.4, -0.2) is 37.8 Å². The maximum atomic E-state index is 12.8. The van der Waals surface area contributed by atoms with Gasteiger partial charge in [-0.15, -0.1) is 11.8 Å². The van der Waals surface area contributed by atoms with Crippen molar-refractivity contribution >= 4 is 17.7 Å². The molecule has 0 aliphatic heterocycles. The minimum atomic E-state index is -2.93. The van der Waals surface area contributed by atoms with Crippen molar-refractivity contribution in [3.8, 4) is 11.5 Å². The smallest absolute Gasteiger partial charge is 0.387 e. The highest BCUT2D eigenvalue weighted by atomic mass is 32.2. The van der Waals surface area contributed by atoms with Gasteiger partial charge in [-0.25, -0.2) is 0 Å². The molecule has 7 heteroatoms. The first-order valence-electron chi connectivity index (χ1n) is 7.87. The Labute approximate surface area is 156 Å². The highest BCUT2D eigenvalue weighted by Gasteiger charge is 2.17. The molecule has 0 N–H and O–H groups in total. The first-order valence-corrected chi connectivity index (χ1v) is 9.10. The third-order valence-corrected chi connectivity index (χ3v) is 4.61. The number of amides is 1. The van der Waals surface area contributed by atoms with Gasteiger partial charge in [0.15, 0.2) is 11.5 Å². The molecule has 26 heavy (non-hydrogen) atoms. The lowest BCUT2D eigenvalue weighted by Gasteiger charge is -2.20. The number of nitrogens with zero attached hydrogens (tertiary/aromatic N) is 1. The van der Waals surface area contributed by atoms with E-state index in [1.54, 1.807) is 35.8 Å². The van der Waals surface area contributed by atoms with E-state index in [1.807, 2.05) is 31.4 Å². The SMILES string of the molecule is COc1cc(CN(C)C(=O)c2cc(SC)ccc2C)ccc1OC(F)F. The Morgan fingerprint density at radius 1 is 1.19 bits per heavy atom. The average Bonchev–Trinajstić information content (AvgIpc) is 2.62. The van der Waals surface area contributed by atoms with Crippen molar-refractivity contribution in [2.75, 3.05) is 20.4 Å². The molecule has 0 radical (unpaired) electrons. The Balaban J connectivity index is 2.19. The number of hydrogen-bond donors (Lipinski definition) is 0. The first-order chi connectivity index (χ1) is 12.3. The highest BCUT2D eigenvalue weighted by Crippen LogP contribution is 2.30. The average molecular weight is 381 g/mol. The maximum absolute atomic E-state index is 12.8. The molecule has 140 valence electrons. The summed E-state index contributed by atoms with van der Waals surface area (Å²) in [5.74, 6) is 0.0539. The van der Waals surface area contributed by atoms with Gasteiger partial charge in [-0.3, -0.25) is 4.79 Å². The van der Waals surface area contributed by atoms with Gasteiger partial charge in [0.25, 0.3) is 5.91 Å². The molecule has 2 rings (SSSR count). The zero-order chi connectivity index (χ0) is 19.3. The van der Waals surface area contributed by atoms with Gasteiger partial charge in [-0.05, 0) is 48.6 Å². The topological polar surface area (TPSA) is 38.8 Å². The van der Waals surface area contributed by atoms with E-state index in [0.29, 0.717) is 12.1 Å². The maximum Gasteiger partial charge on any atom is 0.387 e. The third-order valence-electron chi connectivity index (χ3n) is 3.89. The standard InChI is InChI=1S/C19H21F2NO3S/c1-12-5-7-14(26-4)10-15(12)18(23)22(2)11-13-6-8-16(25-19(20)21)17(9-13)24-3/h5-10,19H,11H2,1-4H3. The van der Waals surface area contributed by atoms with Crippen molar-refractivity contribution in [2.45, 2.75) is 25.0 Å². The number of hydrogen-bond acceptors (Lipinski definition) is 4. The van der Waals surface area contributed by atoms with Crippen LogP contribution in [0.1, 0.15) is 21.5 Å². The fourth-order valence-electron chi connectivity index (χ4n) is 2.51. The number of alkyl halides is 2. The number of halogens is 2. The van der Waals surface area contributed by atoms with Crippen LogP contribution < -0.4 is 9.47 Å². The van der Waals surface area contributed by atoms with E-state index >= 15 is 0 Å².